The van der Waals surface area contributed by atoms with E-state index in [1.165, 1.54) is 11.1 Å². The fourth-order valence-corrected chi connectivity index (χ4v) is 5.05. The van der Waals surface area contributed by atoms with Gasteiger partial charge in [-0.1, -0.05) is 48.5 Å². The first-order chi connectivity index (χ1) is 18.6. The van der Waals surface area contributed by atoms with E-state index in [0.29, 0.717) is 25.8 Å². The third-order valence-electron chi connectivity index (χ3n) is 6.86. The zero-order chi connectivity index (χ0) is 28.0. The number of rotatable bonds is 10. The van der Waals surface area contributed by atoms with E-state index in [0.717, 1.165) is 11.1 Å². The fraction of sp³-hybridized carbons (Fsp3) is 0.467. The molecule has 39 heavy (non-hydrogen) atoms. The zero-order valence-corrected chi connectivity index (χ0v) is 22.8. The van der Waals surface area contributed by atoms with Crippen LogP contribution in [0.15, 0.2) is 48.5 Å². The molecule has 1 fully saturated rings. The molecule has 0 bridgehead atoms. The summed E-state index contributed by atoms with van der Waals surface area (Å²) in [6.07, 6.45) is 1.46. The Labute approximate surface area is 229 Å². The van der Waals surface area contributed by atoms with Gasteiger partial charge in [0, 0.05) is 18.9 Å². The summed E-state index contributed by atoms with van der Waals surface area (Å²) in [6, 6.07) is 15.0. The van der Waals surface area contributed by atoms with Crippen LogP contribution in [0, 0.1) is 0 Å². The van der Waals surface area contributed by atoms with Gasteiger partial charge in [0.1, 0.15) is 24.3 Å². The smallest absolute Gasteiger partial charge is 0.407 e. The minimum atomic E-state index is -0.753. The monoisotopic (exact) mass is 535 g/mol. The van der Waals surface area contributed by atoms with E-state index >= 15 is 0 Å². The Hall–Kier alpha value is -3.88. The van der Waals surface area contributed by atoms with Crippen LogP contribution in [0.2, 0.25) is 0 Å². The number of esters is 1. The largest absolute Gasteiger partial charge is 0.460 e. The molecule has 1 heterocycles. The topological polar surface area (TPSA) is 123 Å². The molecule has 2 atom stereocenters. The molecule has 1 saturated heterocycles. The summed E-state index contributed by atoms with van der Waals surface area (Å²) in [5.74, 6) is -0.978. The van der Waals surface area contributed by atoms with Crippen LogP contribution in [-0.2, 0) is 23.9 Å². The lowest BCUT2D eigenvalue weighted by atomic mass is 9.98. The molecule has 0 aromatic heterocycles. The molecule has 3 N–H and O–H groups in total. The molecular weight excluding hydrogens is 498 g/mol. The maximum absolute atomic E-state index is 12.5. The van der Waals surface area contributed by atoms with Crippen molar-refractivity contribution in [2.45, 2.75) is 76.5 Å². The summed E-state index contributed by atoms with van der Waals surface area (Å²) in [5, 5.41) is 8.21. The number of carbonyl (C=O) groups is 4. The van der Waals surface area contributed by atoms with Crippen molar-refractivity contribution < 1.29 is 28.7 Å². The highest BCUT2D eigenvalue weighted by Crippen LogP contribution is 2.44. The third kappa shape index (κ3) is 7.37. The van der Waals surface area contributed by atoms with Crippen molar-refractivity contribution in [2.75, 3.05) is 13.2 Å². The number of carbonyl (C=O) groups excluding carboxylic acids is 4. The van der Waals surface area contributed by atoms with Crippen LogP contribution in [-0.4, -0.2) is 54.7 Å². The minimum Gasteiger partial charge on any atom is -0.460 e. The van der Waals surface area contributed by atoms with Gasteiger partial charge in [-0.05, 0) is 68.7 Å². The summed E-state index contributed by atoms with van der Waals surface area (Å²) in [4.78, 5) is 49.1. The molecule has 0 unspecified atom stereocenters. The Morgan fingerprint density at radius 2 is 1.41 bits per heavy atom. The highest BCUT2D eigenvalue weighted by molar-refractivity contribution is 5.97. The van der Waals surface area contributed by atoms with Gasteiger partial charge in [-0.25, -0.2) is 4.79 Å². The van der Waals surface area contributed by atoms with Gasteiger partial charge in [0.15, 0.2) is 0 Å². The third-order valence-corrected chi connectivity index (χ3v) is 6.86. The molecule has 1 aliphatic heterocycles. The number of fused-ring (bicyclic) bond motifs is 3. The summed E-state index contributed by atoms with van der Waals surface area (Å²) >= 11 is 0. The first-order valence-electron chi connectivity index (χ1n) is 13.5. The number of nitrogens with one attached hydrogen (secondary N) is 3. The van der Waals surface area contributed by atoms with Gasteiger partial charge in [-0.3, -0.25) is 14.4 Å². The van der Waals surface area contributed by atoms with Crippen LogP contribution in [0.1, 0.15) is 69.9 Å². The van der Waals surface area contributed by atoms with Crippen LogP contribution < -0.4 is 16.0 Å². The molecule has 208 valence electrons. The van der Waals surface area contributed by atoms with E-state index in [9.17, 15) is 19.2 Å². The SMILES string of the molecule is CC(C)(C)OC(=O)CC[C@@H]1NC(=O)[C@H](CCCCNC(=O)OCC2c3ccccc3-c3ccccc32)NC1=O. The van der Waals surface area contributed by atoms with Crippen LogP contribution >= 0.6 is 0 Å². The van der Waals surface area contributed by atoms with Crippen molar-refractivity contribution in [3.05, 3.63) is 59.7 Å². The molecule has 3 amide bonds. The molecule has 1 aliphatic carbocycles. The molecule has 9 nitrogen and oxygen atoms in total. The highest BCUT2D eigenvalue weighted by atomic mass is 16.6. The molecule has 9 heteroatoms. The van der Waals surface area contributed by atoms with Crippen molar-refractivity contribution in [2.24, 2.45) is 0 Å². The van der Waals surface area contributed by atoms with E-state index in [4.69, 9.17) is 9.47 Å². The second-order valence-electron chi connectivity index (χ2n) is 11.0. The second-order valence-corrected chi connectivity index (χ2v) is 11.0. The molecule has 2 aromatic rings. The zero-order valence-electron chi connectivity index (χ0n) is 22.8. The quantitative estimate of drug-likeness (QED) is 0.314. The van der Waals surface area contributed by atoms with Gasteiger partial charge in [0.05, 0.1) is 0 Å². The number of piperazine rings is 1. The van der Waals surface area contributed by atoms with Crippen molar-refractivity contribution >= 4 is 23.9 Å². The number of benzene rings is 2. The predicted octanol–water partition coefficient (Wildman–Crippen LogP) is 3.80. The van der Waals surface area contributed by atoms with Crippen molar-refractivity contribution in [1.82, 2.24) is 16.0 Å². The summed E-state index contributed by atoms with van der Waals surface area (Å²) in [5.41, 5.74) is 4.07. The molecule has 0 radical (unpaired) electrons. The lowest BCUT2D eigenvalue weighted by Gasteiger charge is -2.29. The maximum Gasteiger partial charge on any atom is 0.407 e. The molecule has 2 aromatic carbocycles. The lowest BCUT2D eigenvalue weighted by Crippen LogP contribution is -2.61. The van der Waals surface area contributed by atoms with Crippen LogP contribution in [0.3, 0.4) is 0 Å². The van der Waals surface area contributed by atoms with Gasteiger partial charge in [0.25, 0.3) is 0 Å². The Morgan fingerprint density at radius 3 is 2.00 bits per heavy atom. The van der Waals surface area contributed by atoms with E-state index in [1.807, 2.05) is 24.3 Å². The van der Waals surface area contributed by atoms with Crippen molar-refractivity contribution in [3.8, 4) is 11.1 Å². The standard InChI is InChI=1S/C30H37N3O6/c1-30(2,3)39-26(34)16-15-25-28(36)32-24(27(35)33-25)14-8-9-17-31-29(37)38-18-23-21-12-6-4-10-19(21)20-11-5-7-13-22(20)23/h4-7,10-13,23-25H,8-9,14-18H2,1-3H3,(H,31,37)(H,32,36)(H,33,35)/t24-,25-/m0/s1. The van der Waals surface area contributed by atoms with Gasteiger partial charge in [0.2, 0.25) is 11.8 Å². The average molecular weight is 536 g/mol. The number of alkyl carbamates (subject to hydrolysis) is 1. The summed E-state index contributed by atoms with van der Waals surface area (Å²) in [7, 11) is 0. The normalized spacial score (nSPS) is 18.4. The number of hydrogen-bond donors (Lipinski definition) is 3. The number of ether oxygens (including phenoxy) is 2. The Bertz CT molecular complexity index is 1180. The van der Waals surface area contributed by atoms with E-state index in [2.05, 4.69) is 40.2 Å². The predicted molar refractivity (Wildman–Crippen MR) is 146 cm³/mol. The lowest BCUT2D eigenvalue weighted by molar-refractivity contribution is -0.155. The molecule has 4 rings (SSSR count). The first kappa shape index (κ1) is 28.1. The summed E-state index contributed by atoms with van der Waals surface area (Å²) in [6.45, 7) is 5.98. The van der Waals surface area contributed by atoms with Crippen molar-refractivity contribution in [1.29, 1.82) is 0 Å². The molecule has 0 spiro atoms. The highest BCUT2D eigenvalue weighted by Gasteiger charge is 2.34. The first-order valence-corrected chi connectivity index (χ1v) is 13.5. The Kier molecular flexibility index (Phi) is 8.89. The van der Waals surface area contributed by atoms with Gasteiger partial charge < -0.3 is 25.4 Å². The minimum absolute atomic E-state index is 0.00420. The van der Waals surface area contributed by atoms with Gasteiger partial charge in [-0.2, -0.15) is 0 Å². The molecule has 0 saturated carbocycles. The van der Waals surface area contributed by atoms with Crippen LogP contribution in [0.25, 0.3) is 11.1 Å². The summed E-state index contributed by atoms with van der Waals surface area (Å²) < 4.78 is 10.8. The van der Waals surface area contributed by atoms with E-state index in [1.54, 1.807) is 20.8 Å². The van der Waals surface area contributed by atoms with Crippen LogP contribution in [0.4, 0.5) is 4.79 Å². The van der Waals surface area contributed by atoms with Gasteiger partial charge in [-0.15, -0.1) is 0 Å². The number of hydrogen-bond acceptors (Lipinski definition) is 6. The van der Waals surface area contributed by atoms with E-state index in [-0.39, 0.29) is 37.2 Å². The Morgan fingerprint density at radius 1 is 0.846 bits per heavy atom. The number of amides is 3. The van der Waals surface area contributed by atoms with Crippen molar-refractivity contribution in [3.63, 3.8) is 0 Å². The fourth-order valence-electron chi connectivity index (χ4n) is 5.05. The maximum atomic E-state index is 12.5. The molecule has 2 aliphatic rings. The van der Waals surface area contributed by atoms with Gasteiger partial charge >= 0.3 is 12.1 Å². The molecular formula is C30H37N3O6. The Balaban J connectivity index is 1.13. The average Bonchev–Trinajstić information content (AvgIpc) is 3.21. The second kappa shape index (κ2) is 12.3. The van der Waals surface area contributed by atoms with E-state index < -0.39 is 29.7 Å². The van der Waals surface area contributed by atoms with Crippen LogP contribution in [0.5, 0.6) is 0 Å². The number of unbranched alkanes of at least 4 members (excludes halogenated alkanes) is 1.